The highest BCUT2D eigenvalue weighted by molar-refractivity contribution is 7.18. The molecule has 0 aliphatic heterocycles. The Kier molecular flexibility index (Phi) is 6.75. The summed E-state index contributed by atoms with van der Waals surface area (Å²) in [6, 6.07) is 4.02. The lowest BCUT2D eigenvalue weighted by Gasteiger charge is -2.09. The highest BCUT2D eigenvalue weighted by atomic mass is 35.5. The van der Waals surface area contributed by atoms with E-state index < -0.39 is 36.8 Å². The quantitative estimate of drug-likeness (QED) is 0.571. The molecule has 10 heteroatoms. The number of rotatable bonds is 6. The van der Waals surface area contributed by atoms with Crippen LogP contribution in [0, 0.1) is 5.82 Å². The van der Waals surface area contributed by atoms with Crippen LogP contribution < -0.4 is 5.73 Å². The van der Waals surface area contributed by atoms with Crippen LogP contribution >= 0.6 is 22.9 Å². The molecule has 7 nitrogen and oxygen atoms in total. The Morgan fingerprint density at radius 1 is 1.15 bits per heavy atom. The number of thiophene rings is 1. The van der Waals surface area contributed by atoms with Gasteiger partial charge < -0.3 is 19.9 Å². The molecule has 0 aliphatic rings. The number of esters is 3. The molecule has 0 radical (unpaired) electrons. The lowest BCUT2D eigenvalue weighted by atomic mass is 10.1. The predicted molar refractivity (Wildman–Crippen MR) is 96.3 cm³/mol. The molecule has 0 unspecified atom stereocenters. The van der Waals surface area contributed by atoms with Gasteiger partial charge in [0.1, 0.15) is 27.9 Å². The van der Waals surface area contributed by atoms with Crippen LogP contribution in [0.5, 0.6) is 0 Å². The molecule has 1 heterocycles. The van der Waals surface area contributed by atoms with E-state index >= 15 is 0 Å². The number of anilines is 1. The molecule has 2 aromatic rings. The second-order valence-electron chi connectivity index (χ2n) is 5.17. The summed E-state index contributed by atoms with van der Waals surface area (Å²) in [4.78, 5) is 36.0. The van der Waals surface area contributed by atoms with Gasteiger partial charge in [0.25, 0.3) is 0 Å². The number of nitrogen functional groups attached to an aromatic ring is 1. The first-order valence-electron chi connectivity index (χ1n) is 7.46. The number of nitrogens with two attached hydrogens (primary N) is 1. The minimum atomic E-state index is -0.807. The first-order valence-corrected chi connectivity index (χ1v) is 8.65. The minimum Gasteiger partial charge on any atom is -0.465 e. The Morgan fingerprint density at radius 3 is 2.41 bits per heavy atom. The summed E-state index contributed by atoms with van der Waals surface area (Å²) >= 11 is 6.69. The third kappa shape index (κ3) is 4.55. The van der Waals surface area contributed by atoms with Crippen molar-refractivity contribution < 1.29 is 33.0 Å². The number of carbonyl (C=O) groups excluding carboxylic acids is 3. The van der Waals surface area contributed by atoms with E-state index in [0.717, 1.165) is 25.6 Å². The van der Waals surface area contributed by atoms with Crippen molar-refractivity contribution in [2.24, 2.45) is 0 Å². The standard InChI is InChI=1S/C17H15ClFNO6S/c1-24-16(22)13-9(14(17(23)25-2)27-15(13)20)7-26-12(21)6-8-10(18)4-3-5-11(8)19/h3-5H,6-7,20H2,1-2H3. The van der Waals surface area contributed by atoms with Crippen LogP contribution in [0.4, 0.5) is 9.39 Å². The predicted octanol–water partition coefficient (Wildman–Crippen LogP) is 2.98. The molecule has 2 rings (SSSR count). The molecular formula is C17H15ClFNO6S. The topological polar surface area (TPSA) is 105 Å². The number of halogens is 2. The Bertz CT molecular complexity index is 878. The average Bonchev–Trinajstić information content (AvgIpc) is 2.98. The van der Waals surface area contributed by atoms with Gasteiger partial charge in [-0.2, -0.15) is 0 Å². The zero-order valence-electron chi connectivity index (χ0n) is 14.3. The molecular weight excluding hydrogens is 401 g/mol. The highest BCUT2D eigenvalue weighted by Crippen LogP contribution is 2.33. The lowest BCUT2D eigenvalue weighted by Crippen LogP contribution is -2.14. The fourth-order valence-corrected chi connectivity index (χ4v) is 3.46. The Hall–Kier alpha value is -2.65. The summed E-state index contributed by atoms with van der Waals surface area (Å²) in [5.74, 6) is -2.99. The van der Waals surface area contributed by atoms with Crippen LogP contribution in [0.1, 0.15) is 31.2 Å². The van der Waals surface area contributed by atoms with E-state index in [1.165, 1.54) is 18.2 Å². The van der Waals surface area contributed by atoms with Gasteiger partial charge in [0.15, 0.2) is 0 Å². The van der Waals surface area contributed by atoms with Gasteiger partial charge in [-0.25, -0.2) is 14.0 Å². The normalized spacial score (nSPS) is 10.4. The molecule has 1 aromatic heterocycles. The summed E-state index contributed by atoms with van der Waals surface area (Å²) in [6.07, 6.45) is -0.424. The fraction of sp³-hybridized carbons (Fsp3) is 0.235. The molecule has 0 bridgehead atoms. The van der Waals surface area contributed by atoms with Crippen molar-refractivity contribution >= 4 is 45.8 Å². The van der Waals surface area contributed by atoms with E-state index in [9.17, 15) is 18.8 Å². The van der Waals surface area contributed by atoms with Gasteiger partial charge in [-0.15, -0.1) is 11.3 Å². The lowest BCUT2D eigenvalue weighted by molar-refractivity contribution is -0.144. The van der Waals surface area contributed by atoms with E-state index in [-0.39, 0.29) is 31.6 Å². The van der Waals surface area contributed by atoms with Crippen molar-refractivity contribution in [1.82, 2.24) is 0 Å². The van der Waals surface area contributed by atoms with Crippen molar-refractivity contribution in [3.8, 4) is 0 Å². The monoisotopic (exact) mass is 415 g/mol. The first-order chi connectivity index (χ1) is 12.8. The molecule has 0 saturated carbocycles. The van der Waals surface area contributed by atoms with Crippen molar-refractivity contribution in [2.75, 3.05) is 20.0 Å². The number of hydrogen-bond donors (Lipinski definition) is 1. The zero-order valence-corrected chi connectivity index (χ0v) is 15.9. The molecule has 2 N–H and O–H groups in total. The largest absolute Gasteiger partial charge is 0.465 e. The summed E-state index contributed by atoms with van der Waals surface area (Å²) in [5, 5.41) is 0.0997. The molecule has 0 atom stereocenters. The van der Waals surface area contributed by atoms with Crippen molar-refractivity contribution in [2.45, 2.75) is 13.0 Å². The van der Waals surface area contributed by atoms with Gasteiger partial charge in [-0.05, 0) is 12.1 Å². The van der Waals surface area contributed by atoms with Crippen LogP contribution in [-0.2, 0) is 32.0 Å². The number of carbonyl (C=O) groups is 3. The van der Waals surface area contributed by atoms with Gasteiger partial charge in [-0.1, -0.05) is 17.7 Å². The van der Waals surface area contributed by atoms with Gasteiger partial charge in [0, 0.05) is 16.1 Å². The number of benzene rings is 1. The smallest absolute Gasteiger partial charge is 0.348 e. The van der Waals surface area contributed by atoms with Crippen molar-refractivity contribution in [3.63, 3.8) is 0 Å². The van der Waals surface area contributed by atoms with Gasteiger partial charge in [0.2, 0.25) is 0 Å². The van der Waals surface area contributed by atoms with E-state index in [2.05, 4.69) is 9.47 Å². The molecule has 144 valence electrons. The van der Waals surface area contributed by atoms with Crippen LogP contribution in [0.15, 0.2) is 18.2 Å². The van der Waals surface area contributed by atoms with Crippen LogP contribution in [0.25, 0.3) is 0 Å². The molecule has 27 heavy (non-hydrogen) atoms. The maximum absolute atomic E-state index is 13.8. The van der Waals surface area contributed by atoms with Crippen LogP contribution in [0.3, 0.4) is 0 Å². The van der Waals surface area contributed by atoms with Crippen molar-refractivity contribution in [3.05, 3.63) is 50.6 Å². The van der Waals surface area contributed by atoms with E-state index in [1.54, 1.807) is 0 Å². The van der Waals surface area contributed by atoms with Gasteiger partial charge >= 0.3 is 17.9 Å². The van der Waals surface area contributed by atoms with Gasteiger partial charge in [0.05, 0.1) is 20.6 Å². The first kappa shape index (κ1) is 20.7. The molecule has 0 spiro atoms. The third-order valence-corrected chi connectivity index (χ3v) is 4.95. The van der Waals surface area contributed by atoms with Crippen molar-refractivity contribution in [1.29, 1.82) is 0 Å². The Labute approximate surface area is 162 Å². The molecule has 0 fully saturated rings. The second-order valence-corrected chi connectivity index (χ2v) is 6.63. The summed E-state index contributed by atoms with van der Waals surface area (Å²) in [7, 11) is 2.30. The van der Waals surface area contributed by atoms with Crippen LogP contribution in [-0.4, -0.2) is 32.1 Å². The fourth-order valence-electron chi connectivity index (χ4n) is 2.26. The van der Waals surface area contributed by atoms with E-state index in [4.69, 9.17) is 22.1 Å². The maximum atomic E-state index is 13.8. The summed E-state index contributed by atoms with van der Waals surface area (Å²) in [5.41, 5.74) is 5.74. The number of hydrogen-bond acceptors (Lipinski definition) is 8. The van der Waals surface area contributed by atoms with Gasteiger partial charge in [-0.3, -0.25) is 4.79 Å². The molecule has 0 amide bonds. The third-order valence-electron chi connectivity index (χ3n) is 3.55. The summed E-state index contributed by atoms with van der Waals surface area (Å²) < 4.78 is 28.2. The second kappa shape index (κ2) is 8.83. The molecule has 0 saturated heterocycles. The van der Waals surface area contributed by atoms with Crippen LogP contribution in [0.2, 0.25) is 5.02 Å². The van der Waals surface area contributed by atoms with E-state index in [0.29, 0.717) is 0 Å². The number of methoxy groups -OCH3 is 2. The molecule has 1 aromatic carbocycles. The summed E-state index contributed by atoms with van der Waals surface area (Å²) in [6.45, 7) is -0.451. The zero-order chi connectivity index (χ0) is 20.1. The highest BCUT2D eigenvalue weighted by Gasteiger charge is 2.28. The Morgan fingerprint density at radius 2 is 1.81 bits per heavy atom. The Balaban J connectivity index is 2.24. The number of ether oxygens (including phenoxy) is 3. The molecule has 0 aliphatic carbocycles. The average molecular weight is 416 g/mol. The maximum Gasteiger partial charge on any atom is 0.348 e. The SMILES string of the molecule is COC(=O)c1sc(N)c(C(=O)OC)c1COC(=O)Cc1c(F)cccc1Cl. The minimum absolute atomic E-state index is 0.00660. The van der Waals surface area contributed by atoms with E-state index in [1.807, 2.05) is 0 Å².